The van der Waals surface area contributed by atoms with Crippen molar-refractivity contribution >= 4 is 23.4 Å². The average molecular weight is 355 g/mol. The van der Waals surface area contributed by atoms with E-state index in [1.54, 1.807) is 12.1 Å². The zero-order valence-electron chi connectivity index (χ0n) is 14.3. The molecule has 7 nitrogen and oxygen atoms in total. The summed E-state index contributed by atoms with van der Waals surface area (Å²) in [5.41, 5.74) is 1.63. The summed E-state index contributed by atoms with van der Waals surface area (Å²) in [7, 11) is 0. The standard InChI is InChI=1S/C19H21N3O4/c23-17(8-9-20-19(25)16-5-2-10-26-16)21-12-13-3-1-4-15(11-13)22-18(24)14-6-7-14/h1-5,10-11,14H,6-9,12H2,(H,20,25)(H,21,23)(H,22,24). The van der Waals surface area contributed by atoms with Crippen molar-refractivity contribution < 1.29 is 18.8 Å². The van der Waals surface area contributed by atoms with E-state index in [1.807, 2.05) is 24.3 Å². The summed E-state index contributed by atoms with van der Waals surface area (Å²) >= 11 is 0. The van der Waals surface area contributed by atoms with Crippen molar-refractivity contribution in [2.45, 2.75) is 25.8 Å². The summed E-state index contributed by atoms with van der Waals surface area (Å²) in [6, 6.07) is 10.6. The number of benzene rings is 1. The highest BCUT2D eigenvalue weighted by molar-refractivity contribution is 5.94. The monoisotopic (exact) mass is 355 g/mol. The van der Waals surface area contributed by atoms with Crippen LogP contribution in [0, 0.1) is 5.92 Å². The maximum atomic E-state index is 11.9. The Kier molecular flexibility index (Phi) is 5.68. The lowest BCUT2D eigenvalue weighted by Crippen LogP contribution is -2.30. The molecule has 0 unspecified atom stereocenters. The Hall–Kier alpha value is -3.09. The van der Waals surface area contributed by atoms with E-state index in [9.17, 15) is 14.4 Å². The van der Waals surface area contributed by atoms with E-state index >= 15 is 0 Å². The van der Waals surface area contributed by atoms with Gasteiger partial charge in [-0.1, -0.05) is 12.1 Å². The second-order valence-corrected chi connectivity index (χ2v) is 6.22. The summed E-state index contributed by atoms with van der Waals surface area (Å²) in [5, 5.41) is 8.30. The van der Waals surface area contributed by atoms with Crippen molar-refractivity contribution in [2.75, 3.05) is 11.9 Å². The first-order valence-electron chi connectivity index (χ1n) is 8.60. The zero-order chi connectivity index (χ0) is 18.4. The fourth-order valence-electron chi connectivity index (χ4n) is 2.42. The molecule has 0 atom stereocenters. The van der Waals surface area contributed by atoms with E-state index in [0.29, 0.717) is 6.54 Å². The predicted molar refractivity (Wildman–Crippen MR) is 95.3 cm³/mol. The Morgan fingerprint density at radius 2 is 1.92 bits per heavy atom. The van der Waals surface area contributed by atoms with Crippen LogP contribution in [-0.4, -0.2) is 24.3 Å². The molecular formula is C19H21N3O4. The molecule has 1 aliphatic carbocycles. The van der Waals surface area contributed by atoms with E-state index in [2.05, 4.69) is 16.0 Å². The van der Waals surface area contributed by atoms with E-state index in [1.165, 1.54) is 6.26 Å². The Bertz CT molecular complexity index is 782. The third-order valence-electron chi connectivity index (χ3n) is 4.01. The van der Waals surface area contributed by atoms with Gasteiger partial charge in [0.15, 0.2) is 5.76 Å². The highest BCUT2D eigenvalue weighted by Crippen LogP contribution is 2.30. The van der Waals surface area contributed by atoms with E-state index in [0.717, 1.165) is 24.1 Å². The first-order valence-corrected chi connectivity index (χ1v) is 8.60. The van der Waals surface area contributed by atoms with Gasteiger partial charge in [-0.2, -0.15) is 0 Å². The number of carbonyl (C=O) groups is 3. The molecule has 0 bridgehead atoms. The van der Waals surface area contributed by atoms with Gasteiger partial charge in [-0.25, -0.2) is 0 Å². The Labute approximate surface area is 151 Å². The molecule has 0 radical (unpaired) electrons. The van der Waals surface area contributed by atoms with Crippen LogP contribution in [0.1, 0.15) is 35.4 Å². The van der Waals surface area contributed by atoms with Gasteiger partial charge in [0.1, 0.15) is 0 Å². The molecule has 1 aliphatic rings. The van der Waals surface area contributed by atoms with Crippen LogP contribution in [0.4, 0.5) is 5.69 Å². The minimum atomic E-state index is -0.345. The van der Waals surface area contributed by atoms with Crippen molar-refractivity contribution in [3.63, 3.8) is 0 Å². The van der Waals surface area contributed by atoms with Crippen LogP contribution in [-0.2, 0) is 16.1 Å². The van der Waals surface area contributed by atoms with Gasteiger partial charge in [0.2, 0.25) is 11.8 Å². The molecule has 0 saturated heterocycles. The topological polar surface area (TPSA) is 100 Å². The fourth-order valence-corrected chi connectivity index (χ4v) is 2.42. The first-order chi connectivity index (χ1) is 12.6. The number of furan rings is 1. The molecule has 3 N–H and O–H groups in total. The number of carbonyl (C=O) groups excluding carboxylic acids is 3. The molecule has 1 saturated carbocycles. The molecule has 1 fully saturated rings. The molecule has 2 aromatic rings. The Morgan fingerprint density at radius 3 is 2.65 bits per heavy atom. The molecule has 1 aromatic heterocycles. The van der Waals surface area contributed by atoms with E-state index in [4.69, 9.17) is 4.42 Å². The fraction of sp³-hybridized carbons (Fsp3) is 0.316. The minimum Gasteiger partial charge on any atom is -0.459 e. The van der Waals surface area contributed by atoms with Gasteiger partial charge in [0.25, 0.3) is 5.91 Å². The first kappa shape index (κ1) is 17.7. The van der Waals surface area contributed by atoms with Crippen molar-refractivity contribution in [1.29, 1.82) is 0 Å². The van der Waals surface area contributed by atoms with Gasteiger partial charge in [-0.05, 0) is 42.7 Å². The van der Waals surface area contributed by atoms with Gasteiger partial charge < -0.3 is 20.4 Å². The van der Waals surface area contributed by atoms with Gasteiger partial charge >= 0.3 is 0 Å². The molecule has 3 rings (SSSR count). The number of amides is 3. The quantitative estimate of drug-likeness (QED) is 0.675. The van der Waals surface area contributed by atoms with Crippen LogP contribution in [0.5, 0.6) is 0 Å². The van der Waals surface area contributed by atoms with Crippen molar-refractivity contribution in [1.82, 2.24) is 10.6 Å². The third kappa shape index (κ3) is 5.20. The molecule has 7 heteroatoms. The van der Waals surface area contributed by atoms with Gasteiger partial charge in [0, 0.05) is 31.1 Å². The highest BCUT2D eigenvalue weighted by Gasteiger charge is 2.29. The SMILES string of the molecule is O=C(CCNC(=O)c1ccco1)NCc1cccc(NC(=O)C2CC2)c1. The molecular weight excluding hydrogens is 334 g/mol. The summed E-state index contributed by atoms with van der Waals surface area (Å²) in [6.45, 7) is 0.584. The molecule has 0 spiro atoms. The molecule has 1 heterocycles. The van der Waals surface area contributed by atoms with Gasteiger partial charge in [0.05, 0.1) is 6.26 Å². The average Bonchev–Trinajstić information content (AvgIpc) is 3.35. The molecule has 26 heavy (non-hydrogen) atoms. The number of rotatable bonds is 8. The summed E-state index contributed by atoms with van der Waals surface area (Å²) in [6.07, 6.45) is 3.50. The molecule has 1 aromatic carbocycles. The lowest BCUT2D eigenvalue weighted by Gasteiger charge is -2.09. The number of hydrogen-bond donors (Lipinski definition) is 3. The minimum absolute atomic E-state index is 0.0542. The van der Waals surface area contributed by atoms with Gasteiger partial charge in [-0.3, -0.25) is 14.4 Å². The maximum absolute atomic E-state index is 11.9. The Balaban J connectivity index is 1.38. The maximum Gasteiger partial charge on any atom is 0.286 e. The summed E-state index contributed by atoms with van der Waals surface area (Å²) in [5.74, 6) is -0.0947. The Morgan fingerprint density at radius 1 is 1.08 bits per heavy atom. The van der Waals surface area contributed by atoms with E-state index in [-0.39, 0.29) is 42.4 Å². The van der Waals surface area contributed by atoms with Crippen LogP contribution in [0.25, 0.3) is 0 Å². The number of nitrogens with one attached hydrogen (secondary N) is 3. The zero-order valence-corrected chi connectivity index (χ0v) is 14.3. The van der Waals surface area contributed by atoms with E-state index < -0.39 is 0 Å². The molecule has 0 aliphatic heterocycles. The second kappa shape index (κ2) is 8.33. The van der Waals surface area contributed by atoms with Crippen molar-refractivity contribution in [3.05, 3.63) is 54.0 Å². The van der Waals surface area contributed by atoms with Crippen LogP contribution in [0.3, 0.4) is 0 Å². The largest absolute Gasteiger partial charge is 0.459 e. The third-order valence-corrected chi connectivity index (χ3v) is 4.01. The lowest BCUT2D eigenvalue weighted by atomic mass is 10.2. The summed E-state index contributed by atoms with van der Waals surface area (Å²) in [4.78, 5) is 35.4. The van der Waals surface area contributed by atoms with Crippen molar-refractivity contribution in [2.24, 2.45) is 5.92 Å². The number of hydrogen-bond acceptors (Lipinski definition) is 4. The normalized spacial score (nSPS) is 13.1. The van der Waals surface area contributed by atoms with Crippen LogP contribution >= 0.6 is 0 Å². The predicted octanol–water partition coefficient (Wildman–Crippen LogP) is 2.06. The lowest BCUT2D eigenvalue weighted by molar-refractivity contribution is -0.121. The van der Waals surface area contributed by atoms with Crippen LogP contribution < -0.4 is 16.0 Å². The highest BCUT2D eigenvalue weighted by atomic mass is 16.3. The number of anilines is 1. The van der Waals surface area contributed by atoms with Crippen LogP contribution in [0.15, 0.2) is 47.1 Å². The molecule has 136 valence electrons. The second-order valence-electron chi connectivity index (χ2n) is 6.22. The van der Waals surface area contributed by atoms with Gasteiger partial charge in [-0.15, -0.1) is 0 Å². The molecule has 3 amide bonds. The van der Waals surface area contributed by atoms with Crippen molar-refractivity contribution in [3.8, 4) is 0 Å². The smallest absolute Gasteiger partial charge is 0.286 e. The van der Waals surface area contributed by atoms with Crippen LogP contribution in [0.2, 0.25) is 0 Å². The summed E-state index contributed by atoms with van der Waals surface area (Å²) < 4.78 is 4.97.